The summed E-state index contributed by atoms with van der Waals surface area (Å²) in [4.78, 5) is 26.2. The van der Waals surface area contributed by atoms with Crippen molar-refractivity contribution < 1.29 is 59.9 Å². The summed E-state index contributed by atoms with van der Waals surface area (Å²) >= 11 is 0. The maximum absolute atomic E-state index is 13.3. The zero-order chi connectivity index (χ0) is 34.7. The Morgan fingerprint density at radius 3 is 2.15 bits per heavy atom. The summed E-state index contributed by atoms with van der Waals surface area (Å²) in [5.74, 6) is -3.08. The van der Waals surface area contributed by atoms with E-state index in [9.17, 15) is 50.4 Å². The zero-order valence-electron chi connectivity index (χ0n) is 28.1. The Hall–Kier alpha value is -1.64. The van der Waals surface area contributed by atoms with E-state index in [0.717, 1.165) is 12.0 Å². The Labute approximate surface area is 275 Å². The molecule has 1 aliphatic heterocycles. The molecule has 6 rings (SSSR count). The quantitative estimate of drug-likeness (QED) is 0.156. The molecule has 6 aliphatic rings. The van der Waals surface area contributed by atoms with Gasteiger partial charge in [-0.05, 0) is 98.9 Å². The molecule has 266 valence electrons. The third-order valence-corrected chi connectivity index (χ3v) is 14.6. The summed E-state index contributed by atoms with van der Waals surface area (Å²) in [6.45, 7) is 9.22. The number of hydrogen-bond acceptors (Lipinski definition) is 10. The van der Waals surface area contributed by atoms with Gasteiger partial charge in [-0.1, -0.05) is 33.8 Å². The predicted molar refractivity (Wildman–Crippen MR) is 166 cm³/mol. The minimum atomic E-state index is -1.76. The van der Waals surface area contributed by atoms with Crippen LogP contribution in [0, 0.1) is 44.8 Å². The highest BCUT2D eigenvalue weighted by Gasteiger charge is 2.73. The number of hydrogen-bond donors (Lipinski definition) is 8. The van der Waals surface area contributed by atoms with Crippen molar-refractivity contribution in [2.45, 2.75) is 141 Å². The van der Waals surface area contributed by atoms with Crippen LogP contribution >= 0.6 is 0 Å². The SMILES string of the molecule is CC1(C)CCC2(C(=O)O)CCC3(O)C(=CCC4C5(C)CC(O)C(OC6OC(CO)C(O)C(O)C6O)C(C)(C(=O)O)C5CCC43C)C2C1. The van der Waals surface area contributed by atoms with Gasteiger partial charge in [0.05, 0.1) is 29.1 Å². The van der Waals surface area contributed by atoms with Gasteiger partial charge in [-0.2, -0.15) is 0 Å². The Balaban J connectivity index is 1.36. The standard InChI is InChI=1S/C35H54O12/c1-30(2)10-11-34(29(43)44)12-13-35(45)17(18(34)14-30)6-7-21-31(3)15-19(37)26(33(5,28(41)42)22(31)8-9-32(21,35)4)47-27-25(40)24(39)23(38)20(16-36)46-27/h6,18-27,36-40,45H,7-16H2,1-5H3,(H,41,42)(H,43,44). The van der Waals surface area contributed by atoms with E-state index in [0.29, 0.717) is 44.9 Å². The number of fused-ring (bicyclic) bond motifs is 7. The summed E-state index contributed by atoms with van der Waals surface area (Å²) in [6.07, 6.45) is -4.41. The first-order chi connectivity index (χ1) is 21.7. The lowest BCUT2D eigenvalue weighted by Crippen LogP contribution is -2.72. The molecule has 47 heavy (non-hydrogen) atoms. The van der Waals surface area contributed by atoms with Gasteiger partial charge in [0.2, 0.25) is 0 Å². The molecular formula is C35H54O12. The second kappa shape index (κ2) is 11.2. The minimum Gasteiger partial charge on any atom is -0.481 e. The van der Waals surface area contributed by atoms with E-state index in [1.165, 1.54) is 6.92 Å². The molecule has 12 nitrogen and oxygen atoms in total. The molecule has 15 unspecified atom stereocenters. The van der Waals surface area contributed by atoms with Gasteiger partial charge in [-0.15, -0.1) is 0 Å². The predicted octanol–water partition coefficient (Wildman–Crippen LogP) is 1.82. The molecule has 0 aromatic carbocycles. The third kappa shape index (κ3) is 4.68. The number of carboxylic acid groups (broad SMARTS) is 2. The summed E-state index contributed by atoms with van der Waals surface area (Å²) in [5, 5.41) is 86.9. The van der Waals surface area contributed by atoms with Gasteiger partial charge in [-0.25, -0.2) is 0 Å². The highest BCUT2D eigenvalue weighted by molar-refractivity contribution is 5.77. The van der Waals surface area contributed by atoms with Crippen LogP contribution in [0.15, 0.2) is 11.6 Å². The Bertz CT molecular complexity index is 1320. The van der Waals surface area contributed by atoms with E-state index in [2.05, 4.69) is 20.8 Å². The highest BCUT2D eigenvalue weighted by Crippen LogP contribution is 2.73. The molecule has 5 fully saturated rings. The van der Waals surface area contributed by atoms with Crippen molar-refractivity contribution in [2.75, 3.05) is 6.61 Å². The summed E-state index contributed by atoms with van der Waals surface area (Å²) in [7, 11) is 0. The molecule has 12 heteroatoms. The molecule has 4 saturated carbocycles. The molecule has 8 N–H and O–H groups in total. The molecule has 0 radical (unpaired) electrons. The van der Waals surface area contributed by atoms with Gasteiger partial charge in [0.15, 0.2) is 6.29 Å². The first-order valence-electron chi connectivity index (χ1n) is 17.3. The van der Waals surface area contributed by atoms with Crippen molar-refractivity contribution in [3.8, 4) is 0 Å². The van der Waals surface area contributed by atoms with Gasteiger partial charge >= 0.3 is 11.9 Å². The average molecular weight is 667 g/mol. The van der Waals surface area contributed by atoms with Crippen LogP contribution in [-0.2, 0) is 19.1 Å². The second-order valence-corrected chi connectivity index (χ2v) is 17.3. The van der Waals surface area contributed by atoms with E-state index in [1.54, 1.807) is 0 Å². The fraction of sp³-hybridized carbons (Fsp3) is 0.886. The molecule has 1 heterocycles. The zero-order valence-corrected chi connectivity index (χ0v) is 28.1. The number of allylic oxidation sites excluding steroid dienone is 1. The van der Waals surface area contributed by atoms with Crippen LogP contribution < -0.4 is 0 Å². The normalized spacial score (nSPS) is 53.8. The molecule has 0 aromatic rings. The average Bonchev–Trinajstić information content (AvgIpc) is 2.98. The van der Waals surface area contributed by atoms with Crippen molar-refractivity contribution in [1.82, 2.24) is 0 Å². The first-order valence-corrected chi connectivity index (χ1v) is 17.3. The topological polar surface area (TPSA) is 214 Å². The van der Waals surface area contributed by atoms with Crippen molar-refractivity contribution in [3.63, 3.8) is 0 Å². The van der Waals surface area contributed by atoms with Crippen LogP contribution in [0.4, 0.5) is 0 Å². The largest absolute Gasteiger partial charge is 0.481 e. The van der Waals surface area contributed by atoms with Crippen molar-refractivity contribution in [3.05, 3.63) is 11.6 Å². The minimum absolute atomic E-state index is 0.0726. The van der Waals surface area contributed by atoms with Gasteiger partial charge in [-0.3, -0.25) is 9.59 Å². The van der Waals surface area contributed by atoms with E-state index < -0.39 is 94.6 Å². The molecule has 0 spiro atoms. The molecule has 15 atom stereocenters. The third-order valence-electron chi connectivity index (χ3n) is 14.6. The van der Waals surface area contributed by atoms with Crippen LogP contribution in [0.3, 0.4) is 0 Å². The number of aliphatic hydroxyl groups excluding tert-OH is 5. The van der Waals surface area contributed by atoms with Gasteiger partial charge < -0.3 is 50.3 Å². The van der Waals surface area contributed by atoms with Crippen molar-refractivity contribution >= 4 is 11.9 Å². The van der Waals surface area contributed by atoms with Crippen LogP contribution in [0.5, 0.6) is 0 Å². The lowest BCUT2D eigenvalue weighted by Gasteiger charge is -2.70. The van der Waals surface area contributed by atoms with Gasteiger partial charge in [0, 0.05) is 5.41 Å². The molecule has 1 saturated heterocycles. The molecule has 0 aromatic heterocycles. The van der Waals surface area contributed by atoms with Crippen LogP contribution in [-0.4, -0.2) is 108 Å². The van der Waals surface area contributed by atoms with Gasteiger partial charge in [0.25, 0.3) is 0 Å². The Kier molecular flexibility index (Phi) is 8.37. The van der Waals surface area contributed by atoms with E-state index in [1.807, 2.05) is 13.0 Å². The monoisotopic (exact) mass is 666 g/mol. The number of carboxylic acids is 2. The molecular weight excluding hydrogens is 612 g/mol. The van der Waals surface area contributed by atoms with Crippen LogP contribution in [0.2, 0.25) is 0 Å². The lowest BCUT2D eigenvalue weighted by atomic mass is 9.35. The molecule has 0 amide bonds. The smallest absolute Gasteiger partial charge is 0.312 e. The van der Waals surface area contributed by atoms with Gasteiger partial charge in [0.1, 0.15) is 30.5 Å². The second-order valence-electron chi connectivity index (χ2n) is 17.3. The summed E-state index contributed by atoms with van der Waals surface area (Å²) in [6, 6.07) is 0. The van der Waals surface area contributed by atoms with E-state index in [-0.39, 0.29) is 23.7 Å². The number of rotatable bonds is 5. The fourth-order valence-corrected chi connectivity index (χ4v) is 11.9. The summed E-state index contributed by atoms with van der Waals surface area (Å²) in [5.41, 5.74) is -4.63. The first kappa shape index (κ1) is 35.2. The maximum atomic E-state index is 13.3. The molecule has 0 bridgehead atoms. The van der Waals surface area contributed by atoms with Crippen molar-refractivity contribution in [2.24, 2.45) is 44.8 Å². The number of ether oxygens (including phenoxy) is 2. The fourth-order valence-electron chi connectivity index (χ4n) is 11.9. The van der Waals surface area contributed by atoms with Crippen LogP contribution in [0.25, 0.3) is 0 Å². The summed E-state index contributed by atoms with van der Waals surface area (Å²) < 4.78 is 11.6. The maximum Gasteiger partial charge on any atom is 0.312 e. The number of carbonyl (C=O) groups is 2. The lowest BCUT2D eigenvalue weighted by molar-refractivity contribution is -0.341. The van der Waals surface area contributed by atoms with E-state index in [4.69, 9.17) is 9.47 Å². The van der Waals surface area contributed by atoms with E-state index >= 15 is 0 Å². The Morgan fingerprint density at radius 2 is 1.53 bits per heavy atom. The number of aliphatic hydroxyl groups is 6. The highest BCUT2D eigenvalue weighted by atomic mass is 16.7. The number of aliphatic carboxylic acids is 2. The van der Waals surface area contributed by atoms with Crippen molar-refractivity contribution in [1.29, 1.82) is 0 Å². The Morgan fingerprint density at radius 1 is 0.872 bits per heavy atom. The van der Waals surface area contributed by atoms with Crippen LogP contribution in [0.1, 0.15) is 92.4 Å². The molecule has 5 aliphatic carbocycles.